The van der Waals surface area contributed by atoms with Gasteiger partial charge >= 0.3 is 0 Å². The van der Waals surface area contributed by atoms with Gasteiger partial charge in [0.25, 0.3) is 10.0 Å². The predicted octanol–water partition coefficient (Wildman–Crippen LogP) is 1.52. The van der Waals surface area contributed by atoms with Gasteiger partial charge in [-0.05, 0) is 36.4 Å². The average Bonchev–Trinajstić information content (AvgIpc) is 2.93. The topological polar surface area (TPSA) is 139 Å². The van der Waals surface area contributed by atoms with Crippen molar-refractivity contribution in [2.24, 2.45) is 0 Å². The van der Waals surface area contributed by atoms with Crippen LogP contribution in [-0.2, 0) is 29.6 Å². The van der Waals surface area contributed by atoms with Gasteiger partial charge < -0.3 is 10.1 Å². The number of hydrogen-bond donors (Lipinski definition) is 2. The molecular weight excluding hydrogens is 434 g/mol. The summed E-state index contributed by atoms with van der Waals surface area (Å²) in [6.07, 6.45) is -0.176. The van der Waals surface area contributed by atoms with E-state index in [1.54, 1.807) is 12.1 Å². The highest BCUT2D eigenvalue weighted by atomic mass is 32.2. The third-order valence-electron chi connectivity index (χ3n) is 4.18. The zero-order chi connectivity index (χ0) is 22.1. The second-order valence-electron chi connectivity index (χ2n) is 6.43. The van der Waals surface area contributed by atoms with Crippen LogP contribution < -0.4 is 19.1 Å². The smallest absolute Gasteiger partial charge is 0.265 e. The summed E-state index contributed by atoms with van der Waals surface area (Å²) in [6, 6.07) is 9.68. The predicted molar refractivity (Wildman–Crippen MR) is 110 cm³/mol. The van der Waals surface area contributed by atoms with Gasteiger partial charge in [-0.2, -0.15) is 0 Å². The number of hydrogen-bond acceptors (Lipinski definition) is 7. The lowest BCUT2D eigenvalue weighted by atomic mass is 10.3. The molecule has 1 aliphatic rings. The third-order valence-corrected chi connectivity index (χ3v) is 7.28. The zero-order valence-corrected chi connectivity index (χ0v) is 17.7. The van der Waals surface area contributed by atoms with Crippen LogP contribution >= 0.6 is 0 Å². The Kier molecular flexibility index (Phi) is 5.72. The number of ether oxygens (including phenoxy) is 1. The number of anilines is 3. The van der Waals surface area contributed by atoms with Crippen molar-refractivity contribution in [3.8, 4) is 5.75 Å². The Balaban J connectivity index is 2.01. The van der Waals surface area contributed by atoms with Crippen LogP contribution in [0.4, 0.5) is 17.1 Å². The molecule has 1 heterocycles. The number of sulfonamides is 2. The molecule has 30 heavy (non-hydrogen) atoms. The lowest BCUT2D eigenvalue weighted by Gasteiger charge is -2.18. The average molecular weight is 453 g/mol. The zero-order valence-electron chi connectivity index (χ0n) is 16.1. The molecule has 10 nitrogen and oxygen atoms in total. The van der Waals surface area contributed by atoms with Crippen molar-refractivity contribution in [2.75, 3.05) is 27.2 Å². The van der Waals surface area contributed by atoms with Crippen molar-refractivity contribution in [2.45, 2.75) is 18.2 Å². The molecule has 2 aromatic carbocycles. The molecule has 160 valence electrons. The Morgan fingerprint density at radius 1 is 1.13 bits per heavy atom. The molecule has 0 saturated carbocycles. The maximum absolute atomic E-state index is 13.0. The Morgan fingerprint density at radius 3 is 2.43 bits per heavy atom. The summed E-state index contributed by atoms with van der Waals surface area (Å²) in [7, 11) is -6.82. The van der Waals surface area contributed by atoms with E-state index in [0.717, 1.165) is 6.07 Å². The standard InChI is InChI=1S/C18H19N3O7S2/c1-12(22)19-13-4-3-5-14(10-13)20-30(26,27)17-11-15(6-7-16(17)28-2)21-18(23)8-9-29(21,24)25/h3-7,10-11,20H,8-9H2,1-2H3,(H,19,22). The molecule has 2 amide bonds. The minimum Gasteiger partial charge on any atom is -0.495 e. The molecule has 0 atom stereocenters. The van der Waals surface area contributed by atoms with Crippen LogP contribution in [0.2, 0.25) is 0 Å². The number of benzene rings is 2. The normalized spacial score (nSPS) is 15.7. The lowest BCUT2D eigenvalue weighted by molar-refractivity contribution is -0.116. The summed E-state index contributed by atoms with van der Waals surface area (Å²) >= 11 is 0. The molecule has 2 aromatic rings. The number of amides is 2. The minimum atomic E-state index is -4.23. The van der Waals surface area contributed by atoms with Crippen molar-refractivity contribution in [1.29, 1.82) is 0 Å². The Morgan fingerprint density at radius 2 is 1.83 bits per heavy atom. The summed E-state index contributed by atoms with van der Waals surface area (Å²) in [6.45, 7) is 1.32. The summed E-state index contributed by atoms with van der Waals surface area (Å²) in [4.78, 5) is 22.9. The van der Waals surface area contributed by atoms with Crippen LogP contribution in [0.25, 0.3) is 0 Å². The molecule has 0 bridgehead atoms. The highest BCUT2D eigenvalue weighted by molar-refractivity contribution is 7.94. The van der Waals surface area contributed by atoms with E-state index in [1.165, 1.54) is 38.3 Å². The number of rotatable bonds is 6. The quantitative estimate of drug-likeness (QED) is 0.676. The van der Waals surface area contributed by atoms with Crippen LogP contribution in [0.1, 0.15) is 13.3 Å². The van der Waals surface area contributed by atoms with E-state index in [0.29, 0.717) is 9.99 Å². The van der Waals surface area contributed by atoms with E-state index in [4.69, 9.17) is 4.74 Å². The second-order valence-corrected chi connectivity index (χ2v) is 10.0. The first-order chi connectivity index (χ1) is 14.0. The largest absolute Gasteiger partial charge is 0.495 e. The molecule has 2 N–H and O–H groups in total. The van der Waals surface area contributed by atoms with Crippen molar-refractivity contribution in [1.82, 2.24) is 0 Å². The minimum absolute atomic E-state index is 0.0340. The summed E-state index contributed by atoms with van der Waals surface area (Å²) in [5.74, 6) is -1.33. The van der Waals surface area contributed by atoms with Gasteiger partial charge in [-0.25, -0.2) is 21.1 Å². The lowest BCUT2D eigenvalue weighted by Crippen LogP contribution is -2.29. The van der Waals surface area contributed by atoms with Gasteiger partial charge in [0.1, 0.15) is 10.6 Å². The number of nitrogens with zero attached hydrogens (tertiary/aromatic N) is 1. The maximum Gasteiger partial charge on any atom is 0.265 e. The van der Waals surface area contributed by atoms with Gasteiger partial charge in [0.05, 0.1) is 24.2 Å². The van der Waals surface area contributed by atoms with Crippen molar-refractivity contribution in [3.63, 3.8) is 0 Å². The van der Waals surface area contributed by atoms with Crippen molar-refractivity contribution >= 4 is 48.9 Å². The monoisotopic (exact) mass is 453 g/mol. The van der Waals surface area contributed by atoms with Crippen LogP contribution in [0, 0.1) is 0 Å². The summed E-state index contributed by atoms with van der Waals surface area (Å²) < 4.78 is 58.4. The van der Waals surface area contributed by atoms with E-state index in [9.17, 15) is 26.4 Å². The van der Waals surface area contributed by atoms with E-state index >= 15 is 0 Å². The summed E-state index contributed by atoms with van der Waals surface area (Å²) in [5, 5.41) is 2.54. The van der Waals surface area contributed by atoms with Gasteiger partial charge in [0, 0.05) is 19.0 Å². The van der Waals surface area contributed by atoms with E-state index in [-0.39, 0.29) is 40.1 Å². The molecule has 1 fully saturated rings. The van der Waals surface area contributed by atoms with E-state index in [1.807, 2.05) is 0 Å². The fourth-order valence-electron chi connectivity index (χ4n) is 2.94. The summed E-state index contributed by atoms with van der Waals surface area (Å²) in [5.41, 5.74) is 0.460. The van der Waals surface area contributed by atoms with Crippen molar-refractivity contribution < 1.29 is 31.2 Å². The fourth-order valence-corrected chi connectivity index (χ4v) is 5.64. The number of carbonyl (C=O) groups is 2. The SMILES string of the molecule is COc1ccc(N2C(=O)CCS2(=O)=O)cc1S(=O)(=O)Nc1cccc(NC(C)=O)c1. The van der Waals surface area contributed by atoms with E-state index in [2.05, 4.69) is 10.0 Å². The maximum atomic E-state index is 13.0. The third kappa shape index (κ3) is 4.39. The molecule has 12 heteroatoms. The molecule has 1 saturated heterocycles. The van der Waals surface area contributed by atoms with Crippen LogP contribution in [0.3, 0.4) is 0 Å². The first-order valence-corrected chi connectivity index (χ1v) is 11.8. The van der Waals surface area contributed by atoms with E-state index < -0.39 is 26.0 Å². The highest BCUT2D eigenvalue weighted by Crippen LogP contribution is 2.33. The van der Waals surface area contributed by atoms with Crippen LogP contribution in [-0.4, -0.2) is 41.5 Å². The molecule has 3 rings (SSSR count). The number of carbonyl (C=O) groups excluding carboxylic acids is 2. The van der Waals surface area contributed by atoms with Gasteiger partial charge in [0.2, 0.25) is 21.8 Å². The van der Waals surface area contributed by atoms with Gasteiger partial charge in [-0.1, -0.05) is 6.07 Å². The highest BCUT2D eigenvalue weighted by Gasteiger charge is 2.37. The Hall–Kier alpha value is -3.12. The van der Waals surface area contributed by atoms with Crippen LogP contribution in [0.15, 0.2) is 47.4 Å². The fraction of sp³-hybridized carbons (Fsp3) is 0.222. The molecule has 1 aliphatic heterocycles. The van der Waals surface area contributed by atoms with Crippen LogP contribution in [0.5, 0.6) is 5.75 Å². The molecular formula is C18H19N3O7S2. The van der Waals surface area contributed by atoms with Gasteiger partial charge in [-0.3, -0.25) is 14.3 Å². The first kappa shape index (κ1) is 21.6. The molecule has 0 radical (unpaired) electrons. The Bertz CT molecular complexity index is 1220. The van der Waals surface area contributed by atoms with Gasteiger partial charge in [0.15, 0.2) is 0 Å². The molecule has 0 aliphatic carbocycles. The second kappa shape index (κ2) is 7.95. The molecule has 0 aromatic heterocycles. The number of methoxy groups -OCH3 is 1. The number of nitrogens with one attached hydrogen (secondary N) is 2. The first-order valence-electron chi connectivity index (χ1n) is 8.68. The van der Waals surface area contributed by atoms with Gasteiger partial charge in [-0.15, -0.1) is 0 Å². The van der Waals surface area contributed by atoms with Crippen molar-refractivity contribution in [3.05, 3.63) is 42.5 Å². The molecule has 0 unspecified atom stereocenters. The molecule has 0 spiro atoms. The Labute approximate surface area is 173 Å².